The molecule has 1 aromatic heterocycles. The Bertz CT molecular complexity index is 502. The van der Waals surface area contributed by atoms with Crippen molar-refractivity contribution >= 4 is 17.4 Å². The van der Waals surface area contributed by atoms with Crippen molar-refractivity contribution in [1.29, 1.82) is 0 Å². The second-order valence-corrected chi connectivity index (χ2v) is 5.63. The van der Waals surface area contributed by atoms with Crippen molar-refractivity contribution in [3.63, 3.8) is 0 Å². The Labute approximate surface area is 106 Å². The van der Waals surface area contributed by atoms with Gasteiger partial charge in [-0.15, -0.1) is 0 Å². The van der Waals surface area contributed by atoms with Gasteiger partial charge in [-0.25, -0.2) is 4.98 Å². The van der Waals surface area contributed by atoms with E-state index < -0.39 is 0 Å². The van der Waals surface area contributed by atoms with Crippen LogP contribution < -0.4 is 10.2 Å². The third kappa shape index (κ3) is 1.32. The monoisotopic (exact) mass is 243 g/mol. The Morgan fingerprint density at radius 1 is 1.33 bits per heavy atom. The molecule has 0 spiro atoms. The normalized spacial score (nSPS) is 33.4. The van der Waals surface area contributed by atoms with Crippen molar-refractivity contribution in [2.75, 3.05) is 10.2 Å². The van der Waals surface area contributed by atoms with Crippen molar-refractivity contribution < 1.29 is 4.79 Å². The molecule has 1 amide bonds. The minimum atomic E-state index is 0.0144. The number of amides is 1. The Hall–Kier alpha value is -1.58. The molecule has 1 saturated carbocycles. The fraction of sp³-hybridized carbons (Fsp3) is 0.571. The number of fused-ring (bicyclic) bond motifs is 5. The molecule has 1 N–H and O–H groups in total. The number of hydrogen-bond acceptors (Lipinski definition) is 3. The molecule has 18 heavy (non-hydrogen) atoms. The SMILES string of the molecule is O=C1Nc2cccnc2N2C1CC1CCCCC12. The van der Waals surface area contributed by atoms with Crippen LogP contribution in [-0.4, -0.2) is 23.0 Å². The van der Waals surface area contributed by atoms with Crippen LogP contribution in [0.4, 0.5) is 11.5 Å². The van der Waals surface area contributed by atoms with Gasteiger partial charge in [0.15, 0.2) is 5.82 Å². The Balaban J connectivity index is 1.80. The molecular formula is C14H17N3O. The van der Waals surface area contributed by atoms with Gasteiger partial charge in [0.1, 0.15) is 6.04 Å². The molecule has 4 nitrogen and oxygen atoms in total. The first-order valence-corrected chi connectivity index (χ1v) is 6.89. The Kier molecular flexibility index (Phi) is 2.13. The number of nitrogens with zero attached hydrogens (tertiary/aromatic N) is 2. The lowest BCUT2D eigenvalue weighted by atomic mass is 9.85. The summed E-state index contributed by atoms with van der Waals surface area (Å²) in [6.45, 7) is 0. The molecule has 94 valence electrons. The largest absolute Gasteiger partial charge is 0.340 e. The van der Waals surface area contributed by atoms with Gasteiger partial charge >= 0.3 is 0 Å². The average Bonchev–Trinajstić information content (AvgIpc) is 2.79. The van der Waals surface area contributed by atoms with E-state index in [4.69, 9.17) is 0 Å². The van der Waals surface area contributed by atoms with E-state index in [1.165, 1.54) is 25.7 Å². The molecule has 1 aromatic rings. The zero-order valence-corrected chi connectivity index (χ0v) is 10.3. The molecule has 3 unspecified atom stereocenters. The average molecular weight is 243 g/mol. The predicted octanol–water partition coefficient (Wildman–Crippen LogP) is 2.17. The predicted molar refractivity (Wildman–Crippen MR) is 69.5 cm³/mol. The molecule has 3 heterocycles. The molecular weight excluding hydrogens is 226 g/mol. The maximum atomic E-state index is 12.2. The standard InChI is InChI=1S/C14H17N3O/c18-14-12-8-9-4-1-2-6-11(9)17(12)13-10(16-14)5-3-7-15-13/h3,5,7,9,11-12H,1-2,4,6,8H2,(H,16,18). The van der Waals surface area contributed by atoms with Gasteiger partial charge in [0.05, 0.1) is 5.69 Å². The highest BCUT2D eigenvalue weighted by atomic mass is 16.2. The third-order valence-corrected chi connectivity index (χ3v) is 4.68. The molecule has 3 atom stereocenters. The summed E-state index contributed by atoms with van der Waals surface area (Å²) in [6.07, 6.45) is 7.92. The lowest BCUT2D eigenvalue weighted by Gasteiger charge is -2.37. The van der Waals surface area contributed by atoms with Crippen LogP contribution in [0.1, 0.15) is 32.1 Å². The second-order valence-electron chi connectivity index (χ2n) is 5.63. The van der Waals surface area contributed by atoms with Gasteiger partial charge in [-0.3, -0.25) is 4.79 Å². The van der Waals surface area contributed by atoms with E-state index in [0.29, 0.717) is 12.0 Å². The summed E-state index contributed by atoms with van der Waals surface area (Å²) < 4.78 is 0. The first-order valence-electron chi connectivity index (χ1n) is 6.89. The highest BCUT2D eigenvalue weighted by Crippen LogP contribution is 2.45. The van der Waals surface area contributed by atoms with E-state index in [1.807, 2.05) is 18.3 Å². The minimum Gasteiger partial charge on any atom is -0.340 e. The van der Waals surface area contributed by atoms with Crippen LogP contribution in [0, 0.1) is 5.92 Å². The summed E-state index contributed by atoms with van der Waals surface area (Å²) in [7, 11) is 0. The molecule has 0 bridgehead atoms. The zero-order chi connectivity index (χ0) is 12.1. The number of nitrogens with one attached hydrogen (secondary N) is 1. The molecule has 4 rings (SSSR count). The van der Waals surface area contributed by atoms with Gasteiger partial charge in [0.2, 0.25) is 5.91 Å². The topological polar surface area (TPSA) is 45.2 Å². The van der Waals surface area contributed by atoms with Crippen LogP contribution >= 0.6 is 0 Å². The summed E-state index contributed by atoms with van der Waals surface area (Å²) >= 11 is 0. The molecule has 2 aliphatic heterocycles. The van der Waals surface area contributed by atoms with E-state index in [2.05, 4.69) is 15.2 Å². The van der Waals surface area contributed by atoms with Crippen molar-refractivity contribution in [2.24, 2.45) is 5.92 Å². The van der Waals surface area contributed by atoms with E-state index in [1.54, 1.807) is 0 Å². The van der Waals surface area contributed by atoms with Crippen molar-refractivity contribution in [2.45, 2.75) is 44.2 Å². The number of hydrogen-bond donors (Lipinski definition) is 1. The molecule has 0 radical (unpaired) electrons. The lowest BCUT2D eigenvalue weighted by Crippen LogP contribution is -2.48. The van der Waals surface area contributed by atoms with E-state index in [9.17, 15) is 4.79 Å². The highest BCUT2D eigenvalue weighted by molar-refractivity contribution is 6.03. The van der Waals surface area contributed by atoms with Gasteiger partial charge in [0.25, 0.3) is 0 Å². The van der Waals surface area contributed by atoms with Gasteiger partial charge in [0, 0.05) is 12.2 Å². The minimum absolute atomic E-state index is 0.0144. The Morgan fingerprint density at radius 3 is 3.17 bits per heavy atom. The summed E-state index contributed by atoms with van der Waals surface area (Å²) in [5, 5.41) is 3.00. The number of carbonyl (C=O) groups excluding carboxylic acids is 1. The number of anilines is 2. The van der Waals surface area contributed by atoms with Gasteiger partial charge in [-0.2, -0.15) is 0 Å². The number of pyridine rings is 1. The zero-order valence-electron chi connectivity index (χ0n) is 10.3. The van der Waals surface area contributed by atoms with Crippen molar-refractivity contribution in [3.8, 4) is 0 Å². The van der Waals surface area contributed by atoms with E-state index in [-0.39, 0.29) is 11.9 Å². The van der Waals surface area contributed by atoms with Crippen LogP contribution in [0.5, 0.6) is 0 Å². The van der Waals surface area contributed by atoms with Crippen LogP contribution in [-0.2, 0) is 4.79 Å². The summed E-state index contributed by atoms with van der Waals surface area (Å²) in [5.74, 6) is 1.82. The van der Waals surface area contributed by atoms with Gasteiger partial charge in [-0.1, -0.05) is 12.8 Å². The van der Waals surface area contributed by atoms with E-state index >= 15 is 0 Å². The summed E-state index contributed by atoms with van der Waals surface area (Å²) in [4.78, 5) is 19.0. The molecule has 2 fully saturated rings. The van der Waals surface area contributed by atoms with Crippen LogP contribution in [0.2, 0.25) is 0 Å². The maximum absolute atomic E-state index is 12.2. The van der Waals surface area contributed by atoms with Crippen molar-refractivity contribution in [1.82, 2.24) is 4.98 Å². The molecule has 3 aliphatic rings. The molecule has 1 saturated heterocycles. The van der Waals surface area contributed by atoms with Crippen LogP contribution in [0.15, 0.2) is 18.3 Å². The number of rotatable bonds is 0. The third-order valence-electron chi connectivity index (χ3n) is 4.68. The van der Waals surface area contributed by atoms with Crippen LogP contribution in [0.3, 0.4) is 0 Å². The first kappa shape index (κ1) is 10.4. The van der Waals surface area contributed by atoms with Crippen molar-refractivity contribution in [3.05, 3.63) is 18.3 Å². The van der Waals surface area contributed by atoms with E-state index in [0.717, 1.165) is 17.9 Å². The fourth-order valence-electron chi connectivity index (χ4n) is 3.92. The van der Waals surface area contributed by atoms with Gasteiger partial charge in [-0.05, 0) is 37.3 Å². The quantitative estimate of drug-likeness (QED) is 0.759. The summed E-state index contributed by atoms with van der Waals surface area (Å²) in [5.41, 5.74) is 0.880. The highest BCUT2D eigenvalue weighted by Gasteiger charge is 2.48. The summed E-state index contributed by atoms with van der Waals surface area (Å²) in [6, 6.07) is 4.38. The van der Waals surface area contributed by atoms with Crippen LogP contribution in [0.25, 0.3) is 0 Å². The second kappa shape index (κ2) is 3.70. The lowest BCUT2D eigenvalue weighted by molar-refractivity contribution is -0.117. The Morgan fingerprint density at radius 2 is 2.22 bits per heavy atom. The number of aromatic nitrogens is 1. The molecule has 1 aliphatic carbocycles. The molecule has 4 heteroatoms. The first-order chi connectivity index (χ1) is 8.84. The molecule has 0 aromatic carbocycles. The fourth-order valence-corrected chi connectivity index (χ4v) is 3.92. The smallest absolute Gasteiger partial charge is 0.247 e. The number of carbonyl (C=O) groups is 1. The van der Waals surface area contributed by atoms with Gasteiger partial charge < -0.3 is 10.2 Å². The maximum Gasteiger partial charge on any atom is 0.247 e.